The largest absolute Gasteiger partial charge is 0.314 e. The van der Waals surface area contributed by atoms with Gasteiger partial charge in [-0.2, -0.15) is 0 Å². The molecule has 1 aromatic heterocycles. The normalized spacial score (nSPS) is 11.3. The number of benzene rings is 2. The number of pyridine rings is 1. The van der Waals surface area contributed by atoms with E-state index in [4.69, 9.17) is 0 Å². The summed E-state index contributed by atoms with van der Waals surface area (Å²) < 4.78 is 25.9. The van der Waals surface area contributed by atoms with Crippen LogP contribution < -0.4 is 9.21 Å². The van der Waals surface area contributed by atoms with Crippen molar-refractivity contribution in [2.75, 3.05) is 29.1 Å². The Morgan fingerprint density at radius 3 is 2.38 bits per heavy atom. The molecule has 0 atom stereocenters. The van der Waals surface area contributed by atoms with Gasteiger partial charge in [0, 0.05) is 24.3 Å². The van der Waals surface area contributed by atoms with Gasteiger partial charge < -0.3 is 4.90 Å². The molecule has 26 heavy (non-hydrogen) atoms. The van der Waals surface area contributed by atoms with Crippen LogP contribution in [0.2, 0.25) is 0 Å². The van der Waals surface area contributed by atoms with Crippen molar-refractivity contribution in [3.8, 4) is 0 Å². The predicted octanol–water partition coefficient (Wildman–Crippen LogP) is 2.66. The smallest absolute Gasteiger partial charge is 0.247 e. The van der Waals surface area contributed by atoms with Crippen LogP contribution in [-0.4, -0.2) is 39.2 Å². The lowest BCUT2D eigenvalue weighted by molar-refractivity contribution is -0.116. The highest BCUT2D eigenvalue weighted by Crippen LogP contribution is 2.27. The molecule has 2 aromatic carbocycles. The second-order valence-electron chi connectivity index (χ2n) is 5.91. The van der Waals surface area contributed by atoms with Crippen molar-refractivity contribution < 1.29 is 13.2 Å². The number of carbonyl (C=O) groups excluding carboxylic acids is 1. The highest BCUT2D eigenvalue weighted by Gasteiger charge is 2.25. The lowest BCUT2D eigenvalue weighted by Crippen LogP contribution is -2.41. The summed E-state index contributed by atoms with van der Waals surface area (Å²) in [5.41, 5.74) is 1.62. The average molecular weight is 369 g/mol. The van der Waals surface area contributed by atoms with Crippen molar-refractivity contribution in [1.29, 1.82) is 0 Å². The van der Waals surface area contributed by atoms with Crippen molar-refractivity contribution in [2.45, 2.75) is 0 Å². The van der Waals surface area contributed by atoms with Crippen LogP contribution in [0.15, 0.2) is 66.9 Å². The third kappa shape index (κ3) is 3.67. The van der Waals surface area contributed by atoms with Crippen molar-refractivity contribution in [3.63, 3.8) is 0 Å². The van der Waals surface area contributed by atoms with Gasteiger partial charge >= 0.3 is 0 Å². The van der Waals surface area contributed by atoms with Crippen LogP contribution in [0.5, 0.6) is 0 Å². The molecule has 1 heterocycles. The van der Waals surface area contributed by atoms with E-state index >= 15 is 0 Å². The maximum absolute atomic E-state index is 12.7. The molecule has 0 aliphatic rings. The zero-order chi connectivity index (χ0) is 18.7. The Kier molecular flexibility index (Phi) is 4.90. The van der Waals surface area contributed by atoms with Gasteiger partial charge in [-0.3, -0.25) is 14.1 Å². The van der Waals surface area contributed by atoms with Gasteiger partial charge in [0.05, 0.1) is 17.5 Å². The molecule has 134 valence electrons. The number of para-hydroxylation sites is 2. The SMILES string of the molecule is CN(C(=O)CN(c1cccc2cccnc12)S(C)(=O)=O)c1ccccc1. The summed E-state index contributed by atoms with van der Waals surface area (Å²) in [5, 5.41) is 0.808. The molecule has 0 saturated carbocycles. The van der Waals surface area contributed by atoms with E-state index < -0.39 is 10.0 Å². The van der Waals surface area contributed by atoms with Crippen molar-refractivity contribution in [2.24, 2.45) is 0 Å². The van der Waals surface area contributed by atoms with Crippen LogP contribution in [0, 0.1) is 0 Å². The monoisotopic (exact) mass is 369 g/mol. The summed E-state index contributed by atoms with van der Waals surface area (Å²) in [6.45, 7) is -0.306. The Morgan fingerprint density at radius 1 is 1.00 bits per heavy atom. The summed E-state index contributed by atoms with van der Waals surface area (Å²) in [4.78, 5) is 18.4. The Hall–Kier alpha value is -2.93. The predicted molar refractivity (Wildman–Crippen MR) is 104 cm³/mol. The van der Waals surface area contributed by atoms with E-state index in [-0.39, 0.29) is 12.5 Å². The molecule has 3 rings (SSSR count). The molecule has 0 bridgehead atoms. The number of aromatic nitrogens is 1. The fraction of sp³-hybridized carbons (Fsp3) is 0.158. The minimum absolute atomic E-state index is 0.306. The Labute approximate surface area is 152 Å². The van der Waals surface area contributed by atoms with E-state index in [1.165, 1.54) is 4.90 Å². The lowest BCUT2D eigenvalue weighted by Gasteiger charge is -2.25. The van der Waals surface area contributed by atoms with Crippen LogP contribution in [0.3, 0.4) is 0 Å². The molecule has 6 nitrogen and oxygen atoms in total. The number of anilines is 2. The Bertz CT molecular complexity index is 1030. The Balaban J connectivity index is 1.98. The molecular formula is C19H19N3O3S. The van der Waals surface area contributed by atoms with Gasteiger partial charge in [0.2, 0.25) is 15.9 Å². The second kappa shape index (κ2) is 7.13. The number of sulfonamides is 1. The van der Waals surface area contributed by atoms with E-state index in [0.717, 1.165) is 15.9 Å². The molecular weight excluding hydrogens is 350 g/mol. The number of carbonyl (C=O) groups is 1. The molecule has 0 aliphatic carbocycles. The minimum Gasteiger partial charge on any atom is -0.314 e. The van der Waals surface area contributed by atoms with Gasteiger partial charge in [-0.25, -0.2) is 8.42 Å². The lowest BCUT2D eigenvalue weighted by atomic mass is 10.2. The number of hydrogen-bond donors (Lipinski definition) is 0. The van der Waals surface area contributed by atoms with Crippen molar-refractivity contribution in [1.82, 2.24) is 4.98 Å². The number of hydrogen-bond acceptors (Lipinski definition) is 4. The fourth-order valence-electron chi connectivity index (χ4n) is 2.69. The van der Waals surface area contributed by atoms with Crippen LogP contribution in [0.25, 0.3) is 10.9 Å². The third-order valence-electron chi connectivity index (χ3n) is 4.08. The standard InChI is InChI=1S/C19H19N3O3S/c1-21(16-10-4-3-5-11-16)18(23)14-22(26(2,24)25)17-12-6-8-15-9-7-13-20-19(15)17/h3-13H,14H2,1-2H3. The van der Waals surface area contributed by atoms with E-state index in [1.807, 2.05) is 30.3 Å². The quantitative estimate of drug-likeness (QED) is 0.693. The van der Waals surface area contributed by atoms with Gasteiger partial charge in [-0.05, 0) is 24.3 Å². The summed E-state index contributed by atoms with van der Waals surface area (Å²) in [6, 6.07) is 18.0. The van der Waals surface area contributed by atoms with Gasteiger partial charge in [-0.15, -0.1) is 0 Å². The summed E-state index contributed by atoms with van der Waals surface area (Å²) in [6.07, 6.45) is 2.69. The van der Waals surface area contributed by atoms with Gasteiger partial charge in [-0.1, -0.05) is 36.4 Å². The van der Waals surface area contributed by atoms with Crippen LogP contribution >= 0.6 is 0 Å². The number of fused-ring (bicyclic) bond motifs is 1. The topological polar surface area (TPSA) is 70.6 Å². The zero-order valence-electron chi connectivity index (χ0n) is 14.5. The maximum Gasteiger partial charge on any atom is 0.247 e. The second-order valence-corrected chi connectivity index (χ2v) is 7.82. The van der Waals surface area contributed by atoms with Crippen LogP contribution in [-0.2, 0) is 14.8 Å². The molecule has 0 N–H and O–H groups in total. The van der Waals surface area contributed by atoms with Crippen LogP contribution in [0.1, 0.15) is 0 Å². The first kappa shape index (κ1) is 17.9. The van der Waals surface area contributed by atoms with Gasteiger partial charge in [0.1, 0.15) is 6.54 Å². The van der Waals surface area contributed by atoms with E-state index in [2.05, 4.69) is 4.98 Å². The molecule has 0 radical (unpaired) electrons. The van der Waals surface area contributed by atoms with Crippen molar-refractivity contribution >= 4 is 38.2 Å². The number of likely N-dealkylation sites (N-methyl/N-ethyl adjacent to an activating group) is 1. The van der Waals surface area contributed by atoms with Crippen LogP contribution in [0.4, 0.5) is 11.4 Å². The Morgan fingerprint density at radius 2 is 1.69 bits per heavy atom. The van der Waals surface area contributed by atoms with E-state index in [0.29, 0.717) is 16.9 Å². The fourth-order valence-corrected chi connectivity index (χ4v) is 3.54. The van der Waals surface area contributed by atoms with Gasteiger partial charge in [0.25, 0.3) is 0 Å². The minimum atomic E-state index is -3.67. The summed E-state index contributed by atoms with van der Waals surface area (Å²) in [7, 11) is -2.05. The number of rotatable bonds is 5. The molecule has 0 saturated heterocycles. The maximum atomic E-state index is 12.7. The first-order valence-corrected chi connectivity index (χ1v) is 9.86. The molecule has 7 heteroatoms. The molecule has 0 unspecified atom stereocenters. The zero-order valence-corrected chi connectivity index (χ0v) is 15.3. The molecule has 0 aliphatic heterocycles. The van der Waals surface area contributed by atoms with Crippen molar-refractivity contribution in [3.05, 3.63) is 66.9 Å². The van der Waals surface area contributed by atoms with E-state index in [9.17, 15) is 13.2 Å². The first-order chi connectivity index (χ1) is 12.4. The molecule has 3 aromatic rings. The van der Waals surface area contributed by atoms with E-state index in [1.54, 1.807) is 43.6 Å². The first-order valence-electron chi connectivity index (χ1n) is 8.01. The molecule has 1 amide bonds. The molecule has 0 spiro atoms. The third-order valence-corrected chi connectivity index (χ3v) is 5.20. The number of nitrogens with zero attached hydrogens (tertiary/aromatic N) is 3. The highest BCUT2D eigenvalue weighted by atomic mass is 32.2. The summed E-state index contributed by atoms with van der Waals surface area (Å²) in [5.74, 6) is -0.338. The number of amides is 1. The average Bonchev–Trinajstić information content (AvgIpc) is 2.65. The van der Waals surface area contributed by atoms with Gasteiger partial charge in [0.15, 0.2) is 0 Å². The highest BCUT2D eigenvalue weighted by molar-refractivity contribution is 7.92. The summed E-state index contributed by atoms with van der Waals surface area (Å²) >= 11 is 0. The molecule has 0 fully saturated rings.